The maximum atomic E-state index is 3.53. The Hall–Kier alpha value is -0.610. The minimum Gasteiger partial charge on any atom is -0.316 e. The summed E-state index contributed by atoms with van der Waals surface area (Å²) in [5, 5.41) is 3.53. The molecule has 2 fully saturated rings. The number of nitrogens with zero attached hydrogens (tertiary/aromatic N) is 2. The molecule has 1 N–H and O–H groups in total. The predicted octanol–water partition coefficient (Wildman–Crippen LogP) is 2.40. The number of nitrogens with one attached hydrogen (secondary N) is 1. The van der Waals surface area contributed by atoms with E-state index in [-0.39, 0.29) is 12.4 Å². The van der Waals surface area contributed by atoms with Crippen LogP contribution in [0.15, 0.2) is 30.3 Å². The van der Waals surface area contributed by atoms with E-state index in [1.807, 2.05) is 0 Å². The summed E-state index contributed by atoms with van der Waals surface area (Å²) in [6.45, 7) is 9.52. The molecule has 2 atom stereocenters. The molecule has 2 unspecified atom stereocenters. The minimum atomic E-state index is 0. The fourth-order valence-corrected chi connectivity index (χ4v) is 3.63. The zero-order valence-corrected chi connectivity index (χ0v) is 14.0. The summed E-state index contributed by atoms with van der Waals surface area (Å²) in [6.07, 6.45) is 1.31. The summed E-state index contributed by atoms with van der Waals surface area (Å²) in [7, 11) is 2.24. The van der Waals surface area contributed by atoms with E-state index >= 15 is 0 Å². The van der Waals surface area contributed by atoms with Gasteiger partial charge in [-0.2, -0.15) is 0 Å². The van der Waals surface area contributed by atoms with Crippen molar-refractivity contribution >= 4 is 12.4 Å². The van der Waals surface area contributed by atoms with Crippen LogP contribution in [0.3, 0.4) is 0 Å². The summed E-state index contributed by atoms with van der Waals surface area (Å²) in [6, 6.07) is 11.6. The number of halogens is 1. The van der Waals surface area contributed by atoms with E-state index in [1.165, 1.54) is 44.7 Å². The highest BCUT2D eigenvalue weighted by molar-refractivity contribution is 5.85. The number of likely N-dealkylation sites (N-methyl/N-ethyl adjacent to an activating group) is 1. The number of rotatable bonds is 3. The van der Waals surface area contributed by atoms with Crippen LogP contribution >= 0.6 is 12.4 Å². The molecule has 0 bridgehead atoms. The fraction of sp³-hybridized carbons (Fsp3) is 0.647. The van der Waals surface area contributed by atoms with Gasteiger partial charge >= 0.3 is 0 Å². The van der Waals surface area contributed by atoms with Crippen molar-refractivity contribution in [2.24, 2.45) is 5.41 Å². The Morgan fingerprint density at radius 3 is 2.67 bits per heavy atom. The molecule has 118 valence electrons. The van der Waals surface area contributed by atoms with Crippen molar-refractivity contribution < 1.29 is 0 Å². The molecule has 1 aromatic rings. The van der Waals surface area contributed by atoms with Crippen LogP contribution in [0.25, 0.3) is 0 Å². The van der Waals surface area contributed by atoms with Crippen molar-refractivity contribution in [2.75, 3.05) is 46.3 Å². The van der Waals surface area contributed by atoms with E-state index in [4.69, 9.17) is 0 Å². The second-order valence-corrected chi connectivity index (χ2v) is 6.90. The van der Waals surface area contributed by atoms with E-state index in [0.717, 1.165) is 6.54 Å². The number of hydrogen-bond donors (Lipinski definition) is 1. The molecule has 3 rings (SSSR count). The van der Waals surface area contributed by atoms with Crippen LogP contribution in [-0.2, 0) is 0 Å². The Morgan fingerprint density at radius 1 is 1.24 bits per heavy atom. The molecule has 0 saturated carbocycles. The predicted molar refractivity (Wildman–Crippen MR) is 91.1 cm³/mol. The second kappa shape index (κ2) is 7.10. The van der Waals surface area contributed by atoms with Crippen molar-refractivity contribution in [1.29, 1.82) is 0 Å². The smallest absolute Gasteiger partial charge is 0.0475 e. The summed E-state index contributed by atoms with van der Waals surface area (Å²) in [5.74, 6) is 0. The molecule has 0 radical (unpaired) electrons. The molecule has 3 nitrogen and oxygen atoms in total. The Morgan fingerprint density at radius 2 is 2.00 bits per heavy atom. The zero-order chi connectivity index (χ0) is 14.0. The summed E-state index contributed by atoms with van der Waals surface area (Å²) < 4.78 is 0. The van der Waals surface area contributed by atoms with Gasteiger partial charge in [0.05, 0.1) is 0 Å². The molecule has 0 spiro atoms. The van der Waals surface area contributed by atoms with Crippen molar-refractivity contribution in [3.05, 3.63) is 35.9 Å². The van der Waals surface area contributed by atoms with E-state index in [9.17, 15) is 0 Å². The normalized spacial score (nSPS) is 31.0. The maximum absolute atomic E-state index is 3.53. The molecule has 2 aliphatic heterocycles. The van der Waals surface area contributed by atoms with Gasteiger partial charge in [0.2, 0.25) is 0 Å². The highest BCUT2D eigenvalue weighted by atomic mass is 35.5. The van der Waals surface area contributed by atoms with Crippen LogP contribution in [0.4, 0.5) is 0 Å². The van der Waals surface area contributed by atoms with E-state index in [0.29, 0.717) is 11.5 Å². The van der Waals surface area contributed by atoms with E-state index in [2.05, 4.69) is 59.4 Å². The van der Waals surface area contributed by atoms with Gasteiger partial charge in [-0.3, -0.25) is 4.90 Å². The zero-order valence-electron chi connectivity index (χ0n) is 13.2. The van der Waals surface area contributed by atoms with E-state index in [1.54, 1.807) is 0 Å². The summed E-state index contributed by atoms with van der Waals surface area (Å²) in [4.78, 5) is 5.17. The van der Waals surface area contributed by atoms with Gasteiger partial charge in [-0.15, -0.1) is 12.4 Å². The lowest BCUT2D eigenvalue weighted by Gasteiger charge is -2.43. The van der Waals surface area contributed by atoms with Crippen LogP contribution < -0.4 is 5.32 Å². The molecule has 2 heterocycles. The molecular formula is C17H28ClN3. The fourth-order valence-electron chi connectivity index (χ4n) is 3.63. The first-order chi connectivity index (χ1) is 9.66. The highest BCUT2D eigenvalue weighted by Gasteiger charge is 2.35. The van der Waals surface area contributed by atoms with Crippen LogP contribution in [0.2, 0.25) is 0 Å². The molecule has 2 saturated heterocycles. The number of piperazine rings is 1. The first kappa shape index (κ1) is 16.8. The van der Waals surface area contributed by atoms with Gasteiger partial charge in [-0.25, -0.2) is 0 Å². The average molecular weight is 310 g/mol. The van der Waals surface area contributed by atoms with Gasteiger partial charge in [-0.05, 0) is 31.0 Å². The van der Waals surface area contributed by atoms with Crippen LogP contribution in [-0.4, -0.2) is 56.1 Å². The maximum Gasteiger partial charge on any atom is 0.0475 e. The monoisotopic (exact) mass is 309 g/mol. The Balaban J connectivity index is 0.00000161. The van der Waals surface area contributed by atoms with Crippen molar-refractivity contribution in [2.45, 2.75) is 19.4 Å². The number of benzene rings is 1. The molecule has 2 aliphatic rings. The molecule has 1 aromatic carbocycles. The molecule has 0 aromatic heterocycles. The molecule has 0 aliphatic carbocycles. The first-order valence-electron chi connectivity index (χ1n) is 7.85. The first-order valence-corrected chi connectivity index (χ1v) is 7.85. The standard InChI is InChI=1S/C17H27N3.ClH/c1-17(8-9-18-13-17)14-20-11-10-19(2)12-16(20)15-6-4-3-5-7-15;/h3-7,16,18H,8-14H2,1-2H3;1H. The number of hydrogen-bond acceptors (Lipinski definition) is 3. The van der Waals surface area contributed by atoms with Gasteiger partial charge in [0.15, 0.2) is 0 Å². The molecule has 4 heteroatoms. The molecular weight excluding hydrogens is 282 g/mol. The van der Waals surface area contributed by atoms with Crippen LogP contribution in [0.5, 0.6) is 0 Å². The van der Waals surface area contributed by atoms with Crippen molar-refractivity contribution in [3.63, 3.8) is 0 Å². The lowest BCUT2D eigenvalue weighted by Crippen LogP contribution is -2.50. The van der Waals surface area contributed by atoms with Gasteiger partial charge < -0.3 is 10.2 Å². The molecule has 0 amide bonds. The summed E-state index contributed by atoms with van der Waals surface area (Å²) >= 11 is 0. The Kier molecular flexibility index (Phi) is 5.67. The largest absolute Gasteiger partial charge is 0.316 e. The highest BCUT2D eigenvalue weighted by Crippen LogP contribution is 2.32. The van der Waals surface area contributed by atoms with Gasteiger partial charge in [0.25, 0.3) is 0 Å². The Labute approximate surface area is 135 Å². The van der Waals surface area contributed by atoms with E-state index < -0.39 is 0 Å². The Bertz CT molecular complexity index is 431. The third-order valence-electron chi connectivity index (χ3n) is 4.92. The quantitative estimate of drug-likeness (QED) is 0.925. The third-order valence-corrected chi connectivity index (χ3v) is 4.92. The lowest BCUT2D eigenvalue weighted by atomic mass is 9.87. The SMILES string of the molecule is CN1CCN(CC2(C)CCNC2)C(c2ccccc2)C1.Cl. The van der Waals surface area contributed by atoms with Crippen molar-refractivity contribution in [3.8, 4) is 0 Å². The van der Waals surface area contributed by atoms with Crippen molar-refractivity contribution in [1.82, 2.24) is 15.1 Å². The average Bonchev–Trinajstić information content (AvgIpc) is 2.88. The van der Waals surface area contributed by atoms with Gasteiger partial charge in [0.1, 0.15) is 0 Å². The second-order valence-electron chi connectivity index (χ2n) is 6.90. The topological polar surface area (TPSA) is 18.5 Å². The van der Waals surface area contributed by atoms with Crippen LogP contribution in [0.1, 0.15) is 24.9 Å². The molecule has 21 heavy (non-hydrogen) atoms. The van der Waals surface area contributed by atoms with Gasteiger partial charge in [-0.1, -0.05) is 37.3 Å². The lowest BCUT2D eigenvalue weighted by molar-refractivity contribution is 0.0564. The van der Waals surface area contributed by atoms with Gasteiger partial charge in [0, 0.05) is 38.8 Å². The third kappa shape index (κ3) is 3.98. The summed E-state index contributed by atoms with van der Waals surface area (Å²) in [5.41, 5.74) is 1.91. The van der Waals surface area contributed by atoms with Crippen LogP contribution in [0, 0.1) is 5.41 Å². The minimum absolute atomic E-state index is 0.